The van der Waals surface area contributed by atoms with E-state index in [4.69, 9.17) is 4.42 Å². The van der Waals surface area contributed by atoms with E-state index in [2.05, 4.69) is 4.74 Å². The van der Waals surface area contributed by atoms with Gasteiger partial charge >= 0.3 is 5.97 Å². The van der Waals surface area contributed by atoms with E-state index in [1.54, 1.807) is 6.07 Å². The molecule has 0 saturated carbocycles. The van der Waals surface area contributed by atoms with Crippen molar-refractivity contribution in [1.82, 2.24) is 0 Å². The normalized spacial score (nSPS) is 10.2. The third kappa shape index (κ3) is 1.61. The van der Waals surface area contributed by atoms with E-state index in [0.29, 0.717) is 16.5 Å². The van der Waals surface area contributed by atoms with Crippen LogP contribution in [-0.4, -0.2) is 13.1 Å². The lowest BCUT2D eigenvalue weighted by Gasteiger charge is -2.00. The van der Waals surface area contributed by atoms with Gasteiger partial charge in [0.15, 0.2) is 5.43 Å². The molecule has 0 aliphatic heterocycles. The van der Waals surface area contributed by atoms with Gasteiger partial charge in [-0.1, -0.05) is 0 Å². The van der Waals surface area contributed by atoms with Crippen molar-refractivity contribution in [1.29, 1.82) is 0 Å². The molecule has 1 aromatic heterocycles. The third-order valence-electron chi connectivity index (χ3n) is 2.08. The van der Waals surface area contributed by atoms with Gasteiger partial charge in [0.25, 0.3) is 0 Å². The lowest BCUT2D eigenvalue weighted by Crippen LogP contribution is -2.03. The predicted molar refractivity (Wildman–Crippen MR) is 53.8 cm³/mol. The van der Waals surface area contributed by atoms with Gasteiger partial charge in [0.2, 0.25) is 0 Å². The molecule has 0 aliphatic carbocycles. The Morgan fingerprint density at radius 2 is 2.13 bits per heavy atom. The lowest BCUT2D eigenvalue weighted by molar-refractivity contribution is 0.0601. The van der Waals surface area contributed by atoms with Crippen LogP contribution in [0.15, 0.2) is 39.7 Å². The van der Waals surface area contributed by atoms with Crippen LogP contribution in [-0.2, 0) is 4.74 Å². The first-order chi connectivity index (χ1) is 7.22. The van der Waals surface area contributed by atoms with Crippen LogP contribution >= 0.6 is 0 Å². The molecule has 76 valence electrons. The van der Waals surface area contributed by atoms with Crippen molar-refractivity contribution in [3.05, 3.63) is 46.3 Å². The molecule has 15 heavy (non-hydrogen) atoms. The lowest BCUT2D eigenvalue weighted by atomic mass is 10.1. The van der Waals surface area contributed by atoms with Crippen LogP contribution in [0, 0.1) is 0 Å². The molecule has 0 fully saturated rings. The maximum absolute atomic E-state index is 11.4. The zero-order chi connectivity index (χ0) is 10.8. The van der Waals surface area contributed by atoms with Crippen molar-refractivity contribution in [3.8, 4) is 0 Å². The Bertz CT molecular complexity index is 568. The summed E-state index contributed by atoms with van der Waals surface area (Å²) in [5.74, 6) is -0.455. The number of carbonyl (C=O) groups excluding carboxylic acids is 1. The number of carbonyl (C=O) groups is 1. The quantitative estimate of drug-likeness (QED) is 0.662. The van der Waals surface area contributed by atoms with Crippen molar-refractivity contribution in [2.75, 3.05) is 7.11 Å². The fourth-order valence-electron chi connectivity index (χ4n) is 1.33. The average molecular weight is 204 g/mol. The highest BCUT2D eigenvalue weighted by Gasteiger charge is 2.07. The van der Waals surface area contributed by atoms with Gasteiger partial charge < -0.3 is 9.15 Å². The molecule has 0 radical (unpaired) electrons. The second-order valence-electron chi connectivity index (χ2n) is 2.99. The summed E-state index contributed by atoms with van der Waals surface area (Å²) in [5, 5.41) is 0.449. The van der Waals surface area contributed by atoms with Crippen molar-refractivity contribution < 1.29 is 13.9 Å². The summed E-state index contributed by atoms with van der Waals surface area (Å²) in [6.07, 6.45) is 1.30. The first-order valence-corrected chi connectivity index (χ1v) is 4.32. The maximum atomic E-state index is 11.4. The van der Waals surface area contributed by atoms with Gasteiger partial charge in [-0.05, 0) is 18.2 Å². The zero-order valence-electron chi connectivity index (χ0n) is 8.02. The molecule has 0 spiro atoms. The maximum Gasteiger partial charge on any atom is 0.337 e. The second-order valence-corrected chi connectivity index (χ2v) is 2.99. The van der Waals surface area contributed by atoms with E-state index in [-0.39, 0.29) is 5.43 Å². The molecule has 0 amide bonds. The van der Waals surface area contributed by atoms with Crippen LogP contribution in [0.25, 0.3) is 11.0 Å². The van der Waals surface area contributed by atoms with Crippen molar-refractivity contribution in [2.45, 2.75) is 0 Å². The third-order valence-corrected chi connectivity index (χ3v) is 2.08. The van der Waals surface area contributed by atoms with Crippen LogP contribution in [0.2, 0.25) is 0 Å². The number of ether oxygens (including phenoxy) is 1. The number of hydrogen-bond donors (Lipinski definition) is 0. The summed E-state index contributed by atoms with van der Waals surface area (Å²) >= 11 is 0. The monoisotopic (exact) mass is 204 g/mol. The van der Waals surface area contributed by atoms with E-state index in [1.807, 2.05) is 0 Å². The molecule has 4 heteroatoms. The molecular weight excluding hydrogens is 196 g/mol. The number of esters is 1. The van der Waals surface area contributed by atoms with E-state index in [0.717, 1.165) is 0 Å². The minimum absolute atomic E-state index is 0.132. The molecule has 0 bridgehead atoms. The number of hydrogen-bond acceptors (Lipinski definition) is 4. The highest BCUT2D eigenvalue weighted by atomic mass is 16.5. The van der Waals surface area contributed by atoms with E-state index in [1.165, 1.54) is 31.6 Å². The molecule has 2 rings (SSSR count). The smallest absolute Gasteiger partial charge is 0.337 e. The van der Waals surface area contributed by atoms with E-state index >= 15 is 0 Å². The van der Waals surface area contributed by atoms with Crippen LogP contribution in [0.4, 0.5) is 0 Å². The topological polar surface area (TPSA) is 56.5 Å². The summed E-state index contributed by atoms with van der Waals surface area (Å²) in [6, 6.07) is 5.90. The Morgan fingerprint density at radius 1 is 1.33 bits per heavy atom. The summed E-state index contributed by atoms with van der Waals surface area (Å²) in [4.78, 5) is 22.6. The Morgan fingerprint density at radius 3 is 2.87 bits per heavy atom. The number of benzene rings is 1. The van der Waals surface area contributed by atoms with Gasteiger partial charge in [0, 0.05) is 6.07 Å². The van der Waals surface area contributed by atoms with Crippen molar-refractivity contribution in [3.63, 3.8) is 0 Å². The summed E-state index contributed by atoms with van der Waals surface area (Å²) < 4.78 is 9.68. The van der Waals surface area contributed by atoms with E-state index in [9.17, 15) is 9.59 Å². The number of rotatable bonds is 1. The summed E-state index contributed by atoms with van der Waals surface area (Å²) in [7, 11) is 1.30. The Labute approximate surface area is 85.1 Å². The number of methoxy groups -OCH3 is 1. The van der Waals surface area contributed by atoms with Gasteiger partial charge in [-0.15, -0.1) is 0 Å². The first-order valence-electron chi connectivity index (χ1n) is 4.32. The van der Waals surface area contributed by atoms with Crippen LogP contribution in [0.1, 0.15) is 10.4 Å². The summed E-state index contributed by atoms with van der Waals surface area (Å²) in [5.41, 5.74) is 0.609. The molecule has 2 aromatic rings. The minimum Gasteiger partial charge on any atom is -0.465 e. The Balaban J connectivity index is 2.67. The van der Waals surface area contributed by atoms with Gasteiger partial charge in [-0.25, -0.2) is 4.79 Å². The van der Waals surface area contributed by atoms with Gasteiger partial charge in [-0.3, -0.25) is 4.79 Å². The Hall–Kier alpha value is -2.10. The fourth-order valence-corrected chi connectivity index (χ4v) is 1.33. The van der Waals surface area contributed by atoms with E-state index < -0.39 is 5.97 Å². The molecule has 4 nitrogen and oxygen atoms in total. The largest absolute Gasteiger partial charge is 0.465 e. The van der Waals surface area contributed by atoms with Crippen LogP contribution < -0.4 is 5.43 Å². The van der Waals surface area contributed by atoms with Gasteiger partial charge in [0.1, 0.15) is 5.58 Å². The van der Waals surface area contributed by atoms with Gasteiger partial charge in [-0.2, -0.15) is 0 Å². The van der Waals surface area contributed by atoms with Crippen LogP contribution in [0.5, 0.6) is 0 Å². The standard InChI is InChI=1S/C11H8O4/c1-14-11(13)7-2-3-8-9(12)4-5-15-10(8)6-7/h2-6H,1H3. The van der Waals surface area contributed by atoms with Crippen molar-refractivity contribution >= 4 is 16.9 Å². The predicted octanol–water partition coefficient (Wildman–Crippen LogP) is 1.58. The average Bonchev–Trinajstić information content (AvgIpc) is 2.28. The SMILES string of the molecule is COC(=O)c1ccc2c(=O)ccoc2c1. The first kappa shape index (κ1) is 9.45. The molecular formula is C11H8O4. The molecule has 1 aromatic carbocycles. The summed E-state index contributed by atoms with van der Waals surface area (Å²) in [6.45, 7) is 0. The van der Waals surface area contributed by atoms with Crippen LogP contribution in [0.3, 0.4) is 0 Å². The molecule has 0 atom stereocenters. The molecule has 0 unspecified atom stereocenters. The minimum atomic E-state index is -0.455. The zero-order valence-corrected chi connectivity index (χ0v) is 8.02. The molecule has 1 heterocycles. The highest BCUT2D eigenvalue weighted by Crippen LogP contribution is 2.12. The fraction of sp³-hybridized carbons (Fsp3) is 0.0909. The molecule has 0 aliphatic rings. The van der Waals surface area contributed by atoms with Crippen molar-refractivity contribution in [2.24, 2.45) is 0 Å². The Kier molecular flexibility index (Phi) is 2.25. The second kappa shape index (κ2) is 3.57. The number of fused-ring (bicyclic) bond motifs is 1. The molecule has 0 saturated heterocycles. The van der Waals surface area contributed by atoms with Gasteiger partial charge in [0.05, 0.1) is 24.3 Å². The molecule has 0 N–H and O–H groups in total. The highest BCUT2D eigenvalue weighted by molar-refractivity contribution is 5.93.